The smallest absolute Gasteiger partial charge is 0.251 e. The van der Waals surface area contributed by atoms with Crippen LogP contribution in [0.4, 0.5) is 0 Å². The maximum absolute atomic E-state index is 11.6. The van der Waals surface area contributed by atoms with Crippen molar-refractivity contribution < 1.29 is 13.2 Å². The maximum atomic E-state index is 11.6. The molecule has 5 nitrogen and oxygen atoms in total. The van der Waals surface area contributed by atoms with Gasteiger partial charge in [0, 0.05) is 18.5 Å². The van der Waals surface area contributed by atoms with Crippen LogP contribution in [0.25, 0.3) is 0 Å². The Bertz CT molecular complexity index is 558. The average Bonchev–Trinajstić information content (AvgIpc) is 2.28. The molecule has 3 N–H and O–H groups in total. The molecule has 0 radical (unpaired) electrons. The molecule has 0 aliphatic heterocycles. The van der Waals surface area contributed by atoms with E-state index < -0.39 is 10.0 Å². The molecule has 0 heterocycles. The molecule has 1 aromatic rings. The normalized spacial score (nSPS) is 10.6. The Labute approximate surface area is 100 Å². The molecule has 1 amide bonds. The summed E-state index contributed by atoms with van der Waals surface area (Å²) >= 11 is 0. The third kappa shape index (κ3) is 3.90. The maximum Gasteiger partial charge on any atom is 0.251 e. The summed E-state index contributed by atoms with van der Waals surface area (Å²) in [7, 11) is -3.80. The molecule has 17 heavy (non-hydrogen) atoms. The first-order chi connectivity index (χ1) is 7.95. The lowest BCUT2D eigenvalue weighted by molar-refractivity contribution is 0.0954. The number of nitrogens with two attached hydrogens (primary N) is 1. The molecule has 1 aromatic carbocycles. The quantitative estimate of drug-likeness (QED) is 0.587. The second-order valence-corrected chi connectivity index (χ2v) is 4.84. The second-order valence-electron chi connectivity index (χ2n) is 3.28. The summed E-state index contributed by atoms with van der Waals surface area (Å²) < 4.78 is 22.2. The predicted octanol–water partition coefficient (Wildman–Crippen LogP) is 0.0871. The van der Waals surface area contributed by atoms with Crippen LogP contribution in [-0.2, 0) is 10.0 Å². The van der Waals surface area contributed by atoms with E-state index in [2.05, 4.69) is 11.2 Å². The third-order valence-corrected chi connectivity index (χ3v) is 2.89. The Morgan fingerprint density at radius 1 is 1.47 bits per heavy atom. The first kappa shape index (κ1) is 13.2. The standard InChI is InChI=1S/C11H12N2O3S/c1-2-3-7-13-11(14)9-5-4-6-10(8-9)17(12,15)16/h1,4-6,8H,3,7H2,(H,13,14)(H2,12,15,16). The van der Waals surface area contributed by atoms with E-state index in [1.165, 1.54) is 24.3 Å². The van der Waals surface area contributed by atoms with E-state index in [1.807, 2.05) is 0 Å². The van der Waals surface area contributed by atoms with Gasteiger partial charge in [-0.1, -0.05) is 6.07 Å². The minimum Gasteiger partial charge on any atom is -0.351 e. The van der Waals surface area contributed by atoms with E-state index in [-0.39, 0.29) is 16.4 Å². The molecule has 0 aromatic heterocycles. The lowest BCUT2D eigenvalue weighted by Crippen LogP contribution is -2.24. The van der Waals surface area contributed by atoms with Crippen LogP contribution in [0.15, 0.2) is 29.2 Å². The number of terminal acetylenes is 1. The highest BCUT2D eigenvalue weighted by Crippen LogP contribution is 2.09. The number of hydrogen-bond acceptors (Lipinski definition) is 3. The number of carbonyl (C=O) groups excluding carboxylic acids is 1. The van der Waals surface area contributed by atoms with Crippen LogP contribution >= 0.6 is 0 Å². The van der Waals surface area contributed by atoms with E-state index in [1.54, 1.807) is 0 Å². The lowest BCUT2D eigenvalue weighted by Gasteiger charge is -2.04. The molecule has 0 saturated carbocycles. The number of rotatable bonds is 4. The zero-order valence-electron chi connectivity index (χ0n) is 9.01. The SMILES string of the molecule is C#CCCNC(=O)c1cccc(S(N)(=O)=O)c1. The van der Waals surface area contributed by atoms with Crippen LogP contribution < -0.4 is 10.5 Å². The average molecular weight is 252 g/mol. The van der Waals surface area contributed by atoms with Crippen LogP contribution in [0.2, 0.25) is 0 Å². The molecule has 0 aliphatic rings. The van der Waals surface area contributed by atoms with Crippen molar-refractivity contribution in [3.05, 3.63) is 29.8 Å². The fraction of sp³-hybridized carbons (Fsp3) is 0.182. The van der Waals surface area contributed by atoms with E-state index in [0.29, 0.717) is 13.0 Å². The van der Waals surface area contributed by atoms with Crippen molar-refractivity contribution in [2.75, 3.05) is 6.54 Å². The van der Waals surface area contributed by atoms with Crippen LogP contribution in [-0.4, -0.2) is 20.9 Å². The number of carbonyl (C=O) groups is 1. The molecule has 0 saturated heterocycles. The van der Waals surface area contributed by atoms with Gasteiger partial charge in [-0.15, -0.1) is 12.3 Å². The van der Waals surface area contributed by atoms with Gasteiger partial charge < -0.3 is 5.32 Å². The van der Waals surface area contributed by atoms with Crippen LogP contribution in [0.1, 0.15) is 16.8 Å². The van der Waals surface area contributed by atoms with Gasteiger partial charge in [0.05, 0.1) is 4.90 Å². The number of hydrogen-bond donors (Lipinski definition) is 2. The molecule has 0 bridgehead atoms. The molecule has 6 heteroatoms. The summed E-state index contributed by atoms with van der Waals surface area (Å²) in [5.41, 5.74) is 0.230. The van der Waals surface area contributed by atoms with Gasteiger partial charge in [-0.3, -0.25) is 4.79 Å². The Kier molecular flexibility index (Phi) is 4.26. The Balaban J connectivity index is 2.86. The van der Waals surface area contributed by atoms with Crippen LogP contribution in [0.3, 0.4) is 0 Å². The van der Waals surface area contributed by atoms with Gasteiger partial charge in [-0.2, -0.15) is 0 Å². The molecule has 1 rings (SSSR count). The molecular formula is C11H12N2O3S. The first-order valence-corrected chi connectivity index (χ1v) is 6.34. The highest BCUT2D eigenvalue weighted by atomic mass is 32.2. The predicted molar refractivity (Wildman–Crippen MR) is 63.6 cm³/mol. The van der Waals surface area contributed by atoms with Gasteiger partial charge in [-0.05, 0) is 18.2 Å². The summed E-state index contributed by atoms with van der Waals surface area (Å²) in [4.78, 5) is 11.5. The summed E-state index contributed by atoms with van der Waals surface area (Å²) in [6, 6.07) is 5.50. The molecule has 90 valence electrons. The van der Waals surface area contributed by atoms with Crippen LogP contribution in [0, 0.1) is 12.3 Å². The molecule has 0 aliphatic carbocycles. The van der Waals surface area contributed by atoms with Crippen molar-refractivity contribution >= 4 is 15.9 Å². The van der Waals surface area contributed by atoms with Gasteiger partial charge in [0.2, 0.25) is 10.0 Å². The first-order valence-electron chi connectivity index (χ1n) is 4.79. The van der Waals surface area contributed by atoms with E-state index >= 15 is 0 Å². The molecule has 0 spiro atoms. The molecule has 0 atom stereocenters. The fourth-order valence-corrected chi connectivity index (χ4v) is 1.72. The van der Waals surface area contributed by atoms with E-state index in [4.69, 9.17) is 11.6 Å². The highest BCUT2D eigenvalue weighted by Gasteiger charge is 2.11. The highest BCUT2D eigenvalue weighted by molar-refractivity contribution is 7.89. The van der Waals surface area contributed by atoms with Gasteiger partial charge in [0.25, 0.3) is 5.91 Å². The Morgan fingerprint density at radius 3 is 2.76 bits per heavy atom. The van der Waals surface area contributed by atoms with Gasteiger partial charge >= 0.3 is 0 Å². The summed E-state index contributed by atoms with van der Waals surface area (Å²) in [5.74, 6) is 2.00. The van der Waals surface area contributed by atoms with E-state index in [0.717, 1.165) is 0 Å². The molecular weight excluding hydrogens is 240 g/mol. The van der Waals surface area contributed by atoms with Gasteiger partial charge in [0.15, 0.2) is 0 Å². The second kappa shape index (κ2) is 5.48. The Hall–Kier alpha value is -1.84. The van der Waals surface area contributed by atoms with Crippen LogP contribution in [0.5, 0.6) is 0 Å². The zero-order valence-corrected chi connectivity index (χ0v) is 9.83. The number of sulfonamides is 1. The lowest BCUT2D eigenvalue weighted by atomic mass is 10.2. The number of nitrogens with one attached hydrogen (secondary N) is 1. The topological polar surface area (TPSA) is 89.3 Å². The third-order valence-electron chi connectivity index (χ3n) is 1.98. The van der Waals surface area contributed by atoms with Crippen molar-refractivity contribution in [3.8, 4) is 12.3 Å². The van der Waals surface area contributed by atoms with Gasteiger partial charge in [0.1, 0.15) is 0 Å². The molecule has 0 fully saturated rings. The van der Waals surface area contributed by atoms with Gasteiger partial charge in [-0.25, -0.2) is 13.6 Å². The Morgan fingerprint density at radius 2 is 2.18 bits per heavy atom. The van der Waals surface area contributed by atoms with Crippen molar-refractivity contribution in [1.82, 2.24) is 5.32 Å². The van der Waals surface area contributed by atoms with Crippen molar-refractivity contribution in [2.45, 2.75) is 11.3 Å². The monoisotopic (exact) mass is 252 g/mol. The minimum atomic E-state index is -3.80. The minimum absolute atomic E-state index is 0.0953. The zero-order chi connectivity index (χ0) is 12.9. The van der Waals surface area contributed by atoms with Crippen molar-refractivity contribution in [3.63, 3.8) is 0 Å². The largest absolute Gasteiger partial charge is 0.351 e. The van der Waals surface area contributed by atoms with Crippen molar-refractivity contribution in [1.29, 1.82) is 0 Å². The number of amides is 1. The summed E-state index contributed by atoms with van der Waals surface area (Å²) in [6.07, 6.45) is 5.45. The summed E-state index contributed by atoms with van der Waals surface area (Å²) in [5, 5.41) is 7.52. The number of primary sulfonamides is 1. The fourth-order valence-electron chi connectivity index (χ4n) is 1.16. The molecule has 0 unspecified atom stereocenters. The summed E-state index contributed by atoms with van der Waals surface area (Å²) in [6.45, 7) is 0.342. The van der Waals surface area contributed by atoms with E-state index in [9.17, 15) is 13.2 Å². The number of benzene rings is 1. The van der Waals surface area contributed by atoms with Crippen molar-refractivity contribution in [2.24, 2.45) is 5.14 Å².